The topological polar surface area (TPSA) is 71.2 Å². The summed E-state index contributed by atoms with van der Waals surface area (Å²) in [5, 5.41) is 3.02. The van der Waals surface area contributed by atoms with Crippen molar-refractivity contribution in [2.75, 3.05) is 12.8 Å². The Hall–Kier alpha value is -4.10. The van der Waals surface area contributed by atoms with Crippen LogP contribution in [0, 0.1) is 25.5 Å². The maximum absolute atomic E-state index is 14.5. The molecular formula is C31H30F2N4O. The number of nitrogens with one attached hydrogen (secondary N) is 1. The molecule has 0 aliphatic carbocycles. The molecule has 0 saturated heterocycles. The van der Waals surface area contributed by atoms with Crippen molar-refractivity contribution in [1.29, 1.82) is 0 Å². The molecule has 3 N–H and O–H groups in total. The monoisotopic (exact) mass is 512 g/mol. The Morgan fingerprint density at radius 1 is 1.03 bits per heavy atom. The van der Waals surface area contributed by atoms with Crippen molar-refractivity contribution >= 4 is 11.7 Å². The predicted octanol–water partition coefficient (Wildman–Crippen LogP) is 6.25. The fraction of sp³-hybridized carbons (Fsp3) is 0.226. The number of aryl methyl sites for hydroxylation is 2. The highest BCUT2D eigenvalue weighted by Crippen LogP contribution is 2.45. The highest BCUT2D eigenvalue weighted by Gasteiger charge is 2.35. The predicted molar refractivity (Wildman–Crippen MR) is 146 cm³/mol. The first-order chi connectivity index (χ1) is 18.1. The van der Waals surface area contributed by atoms with E-state index in [1.54, 1.807) is 6.07 Å². The Balaban J connectivity index is 1.45. The zero-order valence-electron chi connectivity index (χ0n) is 21.8. The molecule has 1 aliphatic rings. The molecule has 5 nitrogen and oxygen atoms in total. The fourth-order valence-corrected chi connectivity index (χ4v) is 5.44. The van der Waals surface area contributed by atoms with E-state index >= 15 is 0 Å². The van der Waals surface area contributed by atoms with Crippen molar-refractivity contribution in [2.24, 2.45) is 0 Å². The van der Waals surface area contributed by atoms with Gasteiger partial charge in [-0.3, -0.25) is 9.69 Å². The molecule has 2 atom stereocenters. The summed E-state index contributed by atoms with van der Waals surface area (Å²) in [6, 6.07) is 18.9. The van der Waals surface area contributed by atoms with E-state index in [0.29, 0.717) is 29.1 Å². The lowest BCUT2D eigenvalue weighted by Gasteiger charge is -2.25. The van der Waals surface area contributed by atoms with E-state index in [1.165, 1.54) is 12.1 Å². The van der Waals surface area contributed by atoms with Crippen molar-refractivity contribution in [3.63, 3.8) is 0 Å². The first-order valence-electron chi connectivity index (χ1n) is 12.6. The van der Waals surface area contributed by atoms with E-state index in [-0.39, 0.29) is 18.0 Å². The molecular weight excluding hydrogens is 482 g/mol. The number of benzene rings is 3. The number of amides is 1. The summed E-state index contributed by atoms with van der Waals surface area (Å²) in [5.41, 5.74) is 13.3. The molecule has 1 amide bonds. The lowest BCUT2D eigenvalue weighted by Crippen LogP contribution is -2.24. The van der Waals surface area contributed by atoms with Gasteiger partial charge in [0.2, 0.25) is 0 Å². The molecule has 2 heterocycles. The molecule has 5 rings (SSSR count). The average Bonchev–Trinajstić information content (AvgIpc) is 3.12. The second-order valence-electron chi connectivity index (χ2n) is 9.95. The molecule has 0 fully saturated rings. The first-order valence-corrected chi connectivity index (χ1v) is 12.6. The average molecular weight is 513 g/mol. The third-order valence-electron chi connectivity index (χ3n) is 7.56. The second-order valence-corrected chi connectivity index (χ2v) is 9.95. The molecule has 0 spiro atoms. The Morgan fingerprint density at radius 3 is 2.55 bits per heavy atom. The van der Waals surface area contributed by atoms with Crippen LogP contribution in [0.3, 0.4) is 0 Å². The van der Waals surface area contributed by atoms with Gasteiger partial charge < -0.3 is 11.1 Å². The number of nitrogen functional groups attached to an aromatic ring is 1. The summed E-state index contributed by atoms with van der Waals surface area (Å²) in [5.74, 6) is -0.920. The third kappa shape index (κ3) is 4.65. The SMILES string of the molecule is Cc1cc(N)nc(C)c1CNC(=O)c1ccc2c(c1)C(c1cccc(-c3ccc(F)cc3F)c1)N(C)C2C. The molecule has 7 heteroatoms. The number of anilines is 1. The smallest absolute Gasteiger partial charge is 0.251 e. The van der Waals surface area contributed by atoms with Crippen LogP contribution in [0.4, 0.5) is 14.6 Å². The molecule has 0 bridgehead atoms. The number of rotatable bonds is 5. The highest BCUT2D eigenvalue weighted by molar-refractivity contribution is 5.94. The minimum atomic E-state index is -0.607. The van der Waals surface area contributed by atoms with Crippen LogP contribution in [0.25, 0.3) is 11.1 Å². The van der Waals surface area contributed by atoms with Crippen LogP contribution in [0.5, 0.6) is 0 Å². The summed E-state index contributed by atoms with van der Waals surface area (Å²) in [6.45, 7) is 6.32. The van der Waals surface area contributed by atoms with Crippen LogP contribution in [0.2, 0.25) is 0 Å². The number of aromatic nitrogens is 1. The summed E-state index contributed by atoms with van der Waals surface area (Å²) in [7, 11) is 2.04. The number of pyridine rings is 1. The van der Waals surface area contributed by atoms with E-state index in [0.717, 1.165) is 39.6 Å². The Labute approximate surface area is 221 Å². The van der Waals surface area contributed by atoms with Crippen molar-refractivity contribution in [1.82, 2.24) is 15.2 Å². The van der Waals surface area contributed by atoms with E-state index < -0.39 is 11.6 Å². The van der Waals surface area contributed by atoms with E-state index in [4.69, 9.17) is 5.73 Å². The van der Waals surface area contributed by atoms with Gasteiger partial charge in [0, 0.05) is 35.5 Å². The summed E-state index contributed by atoms with van der Waals surface area (Å²) in [4.78, 5) is 19.7. The maximum atomic E-state index is 14.5. The summed E-state index contributed by atoms with van der Waals surface area (Å²) >= 11 is 0. The Bertz CT molecular complexity index is 1530. The van der Waals surface area contributed by atoms with Crippen LogP contribution in [-0.2, 0) is 6.54 Å². The van der Waals surface area contributed by atoms with Crippen molar-refractivity contribution in [2.45, 2.75) is 39.4 Å². The largest absolute Gasteiger partial charge is 0.384 e. The van der Waals surface area contributed by atoms with Gasteiger partial charge in [-0.1, -0.05) is 24.3 Å². The number of carbonyl (C=O) groups excluding carboxylic acids is 1. The van der Waals surface area contributed by atoms with Gasteiger partial charge in [0.1, 0.15) is 17.5 Å². The van der Waals surface area contributed by atoms with Crippen LogP contribution in [0.1, 0.15) is 62.9 Å². The fourth-order valence-electron chi connectivity index (χ4n) is 5.44. The van der Waals surface area contributed by atoms with Crippen LogP contribution >= 0.6 is 0 Å². The lowest BCUT2D eigenvalue weighted by atomic mass is 9.93. The lowest BCUT2D eigenvalue weighted by molar-refractivity contribution is 0.0950. The van der Waals surface area contributed by atoms with Gasteiger partial charge in [0.25, 0.3) is 5.91 Å². The van der Waals surface area contributed by atoms with Crippen molar-refractivity contribution in [3.05, 3.63) is 117 Å². The maximum Gasteiger partial charge on any atom is 0.251 e. The Morgan fingerprint density at radius 2 is 1.82 bits per heavy atom. The van der Waals surface area contributed by atoms with Gasteiger partial charge in [-0.25, -0.2) is 13.8 Å². The quantitative estimate of drug-likeness (QED) is 0.332. The second kappa shape index (κ2) is 9.99. The normalized spacial score (nSPS) is 16.9. The van der Waals surface area contributed by atoms with Crippen LogP contribution < -0.4 is 11.1 Å². The third-order valence-corrected chi connectivity index (χ3v) is 7.56. The summed E-state index contributed by atoms with van der Waals surface area (Å²) in [6.07, 6.45) is 0. The number of fused-ring (bicyclic) bond motifs is 1. The van der Waals surface area contributed by atoms with Crippen molar-refractivity contribution < 1.29 is 13.6 Å². The van der Waals surface area contributed by atoms with Gasteiger partial charge in [0.05, 0.1) is 6.04 Å². The van der Waals surface area contributed by atoms with Gasteiger partial charge in [0.15, 0.2) is 0 Å². The summed E-state index contributed by atoms with van der Waals surface area (Å²) < 4.78 is 28.0. The molecule has 3 aromatic carbocycles. The number of carbonyl (C=O) groups is 1. The van der Waals surface area contributed by atoms with E-state index in [1.807, 2.05) is 63.4 Å². The van der Waals surface area contributed by atoms with Gasteiger partial charge in [-0.05, 0) is 97.6 Å². The van der Waals surface area contributed by atoms with Gasteiger partial charge >= 0.3 is 0 Å². The van der Waals surface area contributed by atoms with E-state index in [9.17, 15) is 13.6 Å². The van der Waals surface area contributed by atoms with Crippen LogP contribution in [-0.4, -0.2) is 22.8 Å². The zero-order valence-corrected chi connectivity index (χ0v) is 21.8. The first kappa shape index (κ1) is 25.5. The molecule has 0 radical (unpaired) electrons. The molecule has 38 heavy (non-hydrogen) atoms. The number of hydrogen-bond acceptors (Lipinski definition) is 4. The minimum Gasteiger partial charge on any atom is -0.384 e. The van der Waals surface area contributed by atoms with Gasteiger partial charge in [-0.15, -0.1) is 0 Å². The molecule has 194 valence electrons. The Kier molecular flexibility index (Phi) is 6.71. The standard InChI is InChI=1S/C31H30F2N4O/c1-17-12-29(34)36-18(2)27(17)16-35-31(38)22-8-10-24-19(3)37(4)30(26(24)14-22)21-7-5-6-20(13-21)25-11-9-23(32)15-28(25)33/h5-15,19,30H,16H2,1-4H3,(H2,34,36)(H,35,38). The number of halogens is 2. The minimum absolute atomic E-state index is 0.123. The number of nitrogens with two attached hydrogens (primary N) is 1. The number of nitrogens with zero attached hydrogens (tertiary/aromatic N) is 2. The molecule has 1 aliphatic heterocycles. The van der Waals surface area contributed by atoms with Crippen molar-refractivity contribution in [3.8, 4) is 11.1 Å². The van der Waals surface area contributed by atoms with Gasteiger partial charge in [-0.2, -0.15) is 0 Å². The zero-order chi connectivity index (χ0) is 27.1. The molecule has 1 aromatic heterocycles. The highest BCUT2D eigenvalue weighted by atomic mass is 19.1. The molecule has 4 aromatic rings. The molecule has 2 unspecified atom stereocenters. The number of hydrogen-bond donors (Lipinski definition) is 2. The van der Waals surface area contributed by atoms with Crippen LogP contribution in [0.15, 0.2) is 66.7 Å². The molecule has 0 saturated carbocycles. The van der Waals surface area contributed by atoms with E-state index in [2.05, 4.69) is 22.1 Å².